The average Bonchev–Trinajstić information content (AvgIpc) is 2.98. The molecule has 1 heterocycles. The molecule has 0 aliphatic carbocycles. The topological polar surface area (TPSA) is 97.0 Å². The number of anilines is 1. The highest BCUT2D eigenvalue weighted by Gasteiger charge is 2.49. The molecule has 1 fully saturated rings. The first kappa shape index (κ1) is 22.1. The fraction of sp³-hybridized carbons (Fsp3) is 0.348. The third-order valence-electron chi connectivity index (χ3n) is 5.33. The van der Waals surface area contributed by atoms with Crippen LogP contribution in [0.2, 0.25) is 0 Å². The van der Waals surface area contributed by atoms with Crippen molar-refractivity contribution in [1.82, 2.24) is 10.2 Å². The number of hydrogen-bond donors (Lipinski definition) is 2. The maximum Gasteiger partial charge on any atom is 0.325 e. The molecule has 0 spiro atoms. The summed E-state index contributed by atoms with van der Waals surface area (Å²) in [7, 11) is 3.00. The molecular formula is C23H27N3O5. The molecule has 1 aliphatic rings. The number of nitrogens with zero attached hydrogens (tertiary/aromatic N) is 1. The Hall–Kier alpha value is -3.55. The number of imide groups is 1. The second kappa shape index (κ2) is 9.07. The van der Waals surface area contributed by atoms with Crippen LogP contribution in [0.3, 0.4) is 0 Å². The molecule has 2 N–H and O–H groups in total. The van der Waals surface area contributed by atoms with Gasteiger partial charge in [0.1, 0.15) is 23.6 Å². The average molecular weight is 425 g/mol. The molecule has 4 amide bonds. The van der Waals surface area contributed by atoms with Crippen LogP contribution in [-0.4, -0.2) is 43.5 Å². The summed E-state index contributed by atoms with van der Waals surface area (Å²) in [6.07, 6.45) is 1.96. The molecular weight excluding hydrogens is 398 g/mol. The molecule has 8 nitrogen and oxygen atoms in total. The van der Waals surface area contributed by atoms with E-state index in [1.165, 1.54) is 14.2 Å². The van der Waals surface area contributed by atoms with Crippen LogP contribution in [0.4, 0.5) is 10.5 Å². The minimum absolute atomic E-state index is 0.405. The van der Waals surface area contributed by atoms with E-state index in [0.29, 0.717) is 22.7 Å². The number of hydrogen-bond acceptors (Lipinski definition) is 5. The first-order valence-corrected chi connectivity index (χ1v) is 10.1. The first-order valence-electron chi connectivity index (χ1n) is 10.1. The van der Waals surface area contributed by atoms with Crippen LogP contribution >= 0.6 is 0 Å². The largest absolute Gasteiger partial charge is 0.497 e. The Labute approximate surface area is 181 Å². The Morgan fingerprint density at radius 2 is 1.81 bits per heavy atom. The van der Waals surface area contributed by atoms with E-state index in [0.717, 1.165) is 23.3 Å². The fourth-order valence-corrected chi connectivity index (χ4v) is 3.56. The number of methoxy groups -OCH3 is 2. The zero-order valence-electron chi connectivity index (χ0n) is 18.2. The summed E-state index contributed by atoms with van der Waals surface area (Å²) in [5.74, 6) is -0.0151. The highest BCUT2D eigenvalue weighted by Crippen LogP contribution is 2.31. The van der Waals surface area contributed by atoms with Crippen molar-refractivity contribution in [1.29, 1.82) is 0 Å². The summed E-state index contributed by atoms with van der Waals surface area (Å²) in [6, 6.07) is 11.9. The van der Waals surface area contributed by atoms with Crippen molar-refractivity contribution < 1.29 is 23.9 Å². The minimum atomic E-state index is -1.22. The summed E-state index contributed by atoms with van der Waals surface area (Å²) in [5.41, 5.74) is 1.02. The molecule has 31 heavy (non-hydrogen) atoms. The van der Waals surface area contributed by atoms with Gasteiger partial charge in [0, 0.05) is 6.07 Å². The van der Waals surface area contributed by atoms with E-state index in [1.54, 1.807) is 25.1 Å². The molecule has 0 saturated carbocycles. The molecule has 1 aliphatic heterocycles. The molecule has 2 aromatic rings. The van der Waals surface area contributed by atoms with E-state index in [4.69, 9.17) is 9.47 Å². The number of nitrogens with one attached hydrogen (secondary N) is 2. The number of aryl methyl sites for hydroxylation is 1. The third-order valence-corrected chi connectivity index (χ3v) is 5.33. The van der Waals surface area contributed by atoms with Crippen molar-refractivity contribution in [3.05, 3.63) is 53.6 Å². The number of carbonyl (C=O) groups excluding carboxylic acids is 3. The summed E-state index contributed by atoms with van der Waals surface area (Å²) >= 11 is 0. The van der Waals surface area contributed by atoms with E-state index in [-0.39, 0.29) is 0 Å². The Morgan fingerprint density at radius 3 is 2.42 bits per heavy atom. The van der Waals surface area contributed by atoms with Gasteiger partial charge in [-0.25, -0.2) is 4.79 Å². The highest BCUT2D eigenvalue weighted by molar-refractivity contribution is 6.10. The number of amides is 4. The molecule has 3 rings (SSSR count). The Kier molecular flexibility index (Phi) is 6.48. The lowest BCUT2D eigenvalue weighted by Gasteiger charge is -2.22. The lowest BCUT2D eigenvalue weighted by atomic mass is 9.91. The van der Waals surface area contributed by atoms with Crippen molar-refractivity contribution in [3.8, 4) is 11.5 Å². The zero-order valence-corrected chi connectivity index (χ0v) is 18.2. The summed E-state index contributed by atoms with van der Waals surface area (Å²) in [5, 5.41) is 5.40. The quantitative estimate of drug-likeness (QED) is 0.634. The van der Waals surface area contributed by atoms with Gasteiger partial charge in [-0.3, -0.25) is 14.5 Å². The summed E-state index contributed by atoms with van der Waals surface area (Å²) < 4.78 is 10.4. The fourth-order valence-electron chi connectivity index (χ4n) is 3.56. The van der Waals surface area contributed by atoms with Crippen LogP contribution in [0.25, 0.3) is 0 Å². The second-order valence-electron chi connectivity index (χ2n) is 7.51. The van der Waals surface area contributed by atoms with Crippen molar-refractivity contribution in [2.45, 2.75) is 32.2 Å². The van der Waals surface area contributed by atoms with Crippen LogP contribution in [0.15, 0.2) is 42.5 Å². The van der Waals surface area contributed by atoms with Crippen molar-refractivity contribution >= 4 is 23.5 Å². The van der Waals surface area contributed by atoms with Crippen molar-refractivity contribution in [2.75, 3.05) is 26.1 Å². The minimum Gasteiger partial charge on any atom is -0.497 e. The van der Waals surface area contributed by atoms with Gasteiger partial charge in [-0.2, -0.15) is 0 Å². The van der Waals surface area contributed by atoms with Crippen LogP contribution in [0, 0.1) is 0 Å². The summed E-state index contributed by atoms with van der Waals surface area (Å²) in [6.45, 7) is 3.33. The Balaban J connectivity index is 1.73. The molecule has 8 heteroatoms. The lowest BCUT2D eigenvalue weighted by Crippen LogP contribution is -2.42. The molecule has 1 saturated heterocycles. The van der Waals surface area contributed by atoms with Gasteiger partial charge in [-0.1, -0.05) is 37.6 Å². The van der Waals surface area contributed by atoms with Crippen LogP contribution in [0.5, 0.6) is 11.5 Å². The molecule has 2 aromatic carbocycles. The van der Waals surface area contributed by atoms with E-state index in [9.17, 15) is 14.4 Å². The number of urea groups is 1. The third kappa shape index (κ3) is 4.47. The maximum atomic E-state index is 13.1. The van der Waals surface area contributed by atoms with E-state index in [2.05, 4.69) is 17.6 Å². The number of rotatable bonds is 8. The van der Waals surface area contributed by atoms with Gasteiger partial charge in [-0.05, 0) is 36.6 Å². The smallest absolute Gasteiger partial charge is 0.325 e. The van der Waals surface area contributed by atoms with E-state index < -0.39 is 29.9 Å². The van der Waals surface area contributed by atoms with Crippen LogP contribution in [0.1, 0.15) is 31.4 Å². The lowest BCUT2D eigenvalue weighted by molar-refractivity contribution is -0.133. The molecule has 0 aromatic heterocycles. The second-order valence-corrected chi connectivity index (χ2v) is 7.51. The number of benzene rings is 2. The van der Waals surface area contributed by atoms with Gasteiger partial charge in [0.15, 0.2) is 0 Å². The zero-order chi connectivity index (χ0) is 22.6. The molecule has 0 radical (unpaired) electrons. The molecule has 164 valence electrons. The van der Waals surface area contributed by atoms with Gasteiger partial charge < -0.3 is 20.1 Å². The van der Waals surface area contributed by atoms with Crippen molar-refractivity contribution in [2.24, 2.45) is 0 Å². The standard InChI is InChI=1S/C23H27N3O5/c1-5-6-15-7-9-16(10-8-15)23(2)21(28)26(22(29)25-23)14-20(27)24-18-12-11-17(30-3)13-19(18)31-4/h7-13H,5-6,14H2,1-4H3,(H,24,27)(H,25,29)/t23-/m1/s1. The van der Waals surface area contributed by atoms with E-state index >= 15 is 0 Å². The SMILES string of the molecule is CCCc1ccc([C@@]2(C)NC(=O)N(CC(=O)Nc3ccc(OC)cc3OC)C2=O)cc1. The van der Waals surface area contributed by atoms with Gasteiger partial charge in [0.2, 0.25) is 5.91 Å². The van der Waals surface area contributed by atoms with Crippen LogP contribution in [-0.2, 0) is 21.5 Å². The number of ether oxygens (including phenoxy) is 2. The molecule has 0 bridgehead atoms. The van der Waals surface area contributed by atoms with E-state index in [1.807, 2.05) is 24.3 Å². The van der Waals surface area contributed by atoms with Gasteiger partial charge in [0.25, 0.3) is 5.91 Å². The van der Waals surface area contributed by atoms with Gasteiger partial charge >= 0.3 is 6.03 Å². The Bertz CT molecular complexity index is 989. The molecule has 0 unspecified atom stereocenters. The first-order chi connectivity index (χ1) is 14.8. The predicted octanol–water partition coefficient (Wildman–Crippen LogP) is 3.06. The maximum absolute atomic E-state index is 13.1. The Morgan fingerprint density at radius 1 is 1.10 bits per heavy atom. The molecule has 1 atom stereocenters. The van der Waals surface area contributed by atoms with Gasteiger partial charge in [-0.15, -0.1) is 0 Å². The van der Waals surface area contributed by atoms with Crippen molar-refractivity contribution in [3.63, 3.8) is 0 Å². The number of carbonyl (C=O) groups is 3. The summed E-state index contributed by atoms with van der Waals surface area (Å²) in [4.78, 5) is 39.1. The van der Waals surface area contributed by atoms with Gasteiger partial charge in [0.05, 0.1) is 19.9 Å². The normalized spacial score (nSPS) is 18.0. The highest BCUT2D eigenvalue weighted by atomic mass is 16.5. The predicted molar refractivity (Wildman–Crippen MR) is 116 cm³/mol. The van der Waals surface area contributed by atoms with Crippen LogP contribution < -0.4 is 20.1 Å². The monoisotopic (exact) mass is 425 g/mol.